The number of aliphatic hydroxyl groups excluding tert-OH is 1. The quantitative estimate of drug-likeness (QED) is 0.641. The van der Waals surface area contributed by atoms with Gasteiger partial charge in [-0.15, -0.1) is 0 Å². The van der Waals surface area contributed by atoms with Gasteiger partial charge in [0.25, 0.3) is 11.6 Å². The minimum Gasteiger partial charge on any atom is -0.396 e. The van der Waals surface area contributed by atoms with Gasteiger partial charge in [0, 0.05) is 25.8 Å². The lowest BCUT2D eigenvalue weighted by Gasteiger charge is -2.20. The highest BCUT2D eigenvalue weighted by molar-refractivity contribution is 6.34. The van der Waals surface area contributed by atoms with Crippen molar-refractivity contribution in [2.24, 2.45) is 0 Å². The van der Waals surface area contributed by atoms with Crippen LogP contribution in [0.2, 0.25) is 5.02 Å². The fourth-order valence-corrected chi connectivity index (χ4v) is 1.95. The van der Waals surface area contributed by atoms with Crippen LogP contribution in [0.25, 0.3) is 0 Å². The highest BCUT2D eigenvalue weighted by Gasteiger charge is 2.26. The van der Waals surface area contributed by atoms with Gasteiger partial charge in [0.2, 0.25) is 0 Å². The highest BCUT2D eigenvalue weighted by Crippen LogP contribution is 2.27. The largest absolute Gasteiger partial charge is 0.396 e. The maximum Gasteiger partial charge on any atom is 0.283 e. The summed E-state index contributed by atoms with van der Waals surface area (Å²) in [6.07, 6.45) is 0.415. The van der Waals surface area contributed by atoms with E-state index in [0.29, 0.717) is 19.5 Å². The van der Waals surface area contributed by atoms with Gasteiger partial charge in [0.05, 0.1) is 9.95 Å². The van der Waals surface area contributed by atoms with Crippen LogP contribution < -0.4 is 0 Å². The first-order chi connectivity index (χ1) is 9.02. The molecule has 0 heterocycles. The first-order valence-corrected chi connectivity index (χ1v) is 6.23. The molecule has 1 rings (SSSR count). The standard InChI is InChI=1S/C12H15ClN2O4/c1-2-14(7-4-8-16)12(17)11-9(13)5-3-6-10(11)15(18)19/h3,5-6,16H,2,4,7-8H2,1H3. The third-order valence-corrected chi connectivity index (χ3v) is 2.97. The molecule has 1 aromatic carbocycles. The molecule has 0 aliphatic carbocycles. The molecule has 6 nitrogen and oxygen atoms in total. The summed E-state index contributed by atoms with van der Waals surface area (Å²) in [6, 6.07) is 4.13. The molecular weight excluding hydrogens is 272 g/mol. The summed E-state index contributed by atoms with van der Waals surface area (Å²) < 4.78 is 0. The van der Waals surface area contributed by atoms with Gasteiger partial charge in [-0.2, -0.15) is 0 Å². The molecule has 104 valence electrons. The Kier molecular flexibility index (Phi) is 5.72. The number of nitrogens with zero attached hydrogens (tertiary/aromatic N) is 2. The maximum atomic E-state index is 12.3. The van der Waals surface area contributed by atoms with Crippen LogP contribution >= 0.6 is 11.6 Å². The molecule has 0 unspecified atom stereocenters. The first-order valence-electron chi connectivity index (χ1n) is 5.86. The average molecular weight is 287 g/mol. The summed E-state index contributed by atoms with van der Waals surface area (Å²) >= 11 is 5.90. The van der Waals surface area contributed by atoms with Crippen LogP contribution in [0.15, 0.2) is 18.2 Å². The molecule has 0 saturated carbocycles. The number of hydrogen-bond acceptors (Lipinski definition) is 4. The lowest BCUT2D eigenvalue weighted by molar-refractivity contribution is -0.385. The van der Waals surface area contributed by atoms with E-state index in [1.807, 2.05) is 0 Å². The van der Waals surface area contributed by atoms with Crippen LogP contribution in [0.3, 0.4) is 0 Å². The van der Waals surface area contributed by atoms with Gasteiger partial charge < -0.3 is 10.0 Å². The number of nitro groups is 1. The molecule has 0 bridgehead atoms. The van der Waals surface area contributed by atoms with Gasteiger partial charge in [-0.1, -0.05) is 17.7 Å². The smallest absolute Gasteiger partial charge is 0.283 e. The predicted molar refractivity (Wildman–Crippen MR) is 71.4 cm³/mol. The van der Waals surface area contributed by atoms with E-state index < -0.39 is 10.8 Å². The number of halogens is 1. The predicted octanol–water partition coefficient (Wildman–Crippen LogP) is 2.09. The molecule has 0 atom stereocenters. The lowest BCUT2D eigenvalue weighted by atomic mass is 10.1. The number of rotatable bonds is 6. The second-order valence-electron chi connectivity index (χ2n) is 3.85. The number of benzene rings is 1. The van der Waals surface area contributed by atoms with Crippen molar-refractivity contribution in [2.45, 2.75) is 13.3 Å². The van der Waals surface area contributed by atoms with Crippen LogP contribution in [0.5, 0.6) is 0 Å². The molecule has 1 aromatic rings. The molecule has 0 radical (unpaired) electrons. The maximum absolute atomic E-state index is 12.3. The summed E-state index contributed by atoms with van der Waals surface area (Å²) in [7, 11) is 0. The van der Waals surface area contributed by atoms with Crippen molar-refractivity contribution in [3.63, 3.8) is 0 Å². The van der Waals surface area contributed by atoms with Crippen molar-refractivity contribution < 1.29 is 14.8 Å². The van der Waals surface area contributed by atoms with Crippen molar-refractivity contribution in [1.82, 2.24) is 4.90 Å². The SMILES string of the molecule is CCN(CCCO)C(=O)c1c(Cl)cccc1[N+](=O)[O-]. The number of hydrogen-bond donors (Lipinski definition) is 1. The zero-order chi connectivity index (χ0) is 14.4. The first kappa shape index (κ1) is 15.4. The van der Waals surface area contributed by atoms with Crippen molar-refractivity contribution in [3.8, 4) is 0 Å². The van der Waals surface area contributed by atoms with E-state index in [4.69, 9.17) is 16.7 Å². The Balaban J connectivity index is 3.13. The normalized spacial score (nSPS) is 10.3. The summed E-state index contributed by atoms with van der Waals surface area (Å²) in [4.78, 5) is 24.0. The molecule has 1 N–H and O–H groups in total. The molecule has 7 heteroatoms. The minimum atomic E-state index is -0.626. The van der Waals surface area contributed by atoms with Crippen LogP contribution in [-0.4, -0.2) is 40.5 Å². The third kappa shape index (κ3) is 3.65. The topological polar surface area (TPSA) is 83.7 Å². The van der Waals surface area contributed by atoms with E-state index in [9.17, 15) is 14.9 Å². The Labute approximate surface area is 115 Å². The molecule has 0 aliphatic rings. The fraction of sp³-hybridized carbons (Fsp3) is 0.417. The van der Waals surface area contributed by atoms with Crippen LogP contribution in [-0.2, 0) is 0 Å². The zero-order valence-electron chi connectivity index (χ0n) is 10.5. The van der Waals surface area contributed by atoms with Crippen LogP contribution in [0.1, 0.15) is 23.7 Å². The number of carbonyl (C=O) groups excluding carboxylic acids is 1. The second kappa shape index (κ2) is 7.06. The van der Waals surface area contributed by atoms with E-state index in [0.717, 1.165) is 0 Å². The Morgan fingerprint density at radius 1 is 1.53 bits per heavy atom. The van der Waals surface area contributed by atoms with E-state index >= 15 is 0 Å². The van der Waals surface area contributed by atoms with Gasteiger partial charge in [0.15, 0.2) is 0 Å². The second-order valence-corrected chi connectivity index (χ2v) is 4.26. The van der Waals surface area contributed by atoms with Crippen molar-refractivity contribution in [3.05, 3.63) is 38.9 Å². The summed E-state index contributed by atoms with van der Waals surface area (Å²) in [6.45, 7) is 2.43. The molecule has 0 fully saturated rings. The zero-order valence-corrected chi connectivity index (χ0v) is 11.3. The van der Waals surface area contributed by atoms with Gasteiger partial charge in [0.1, 0.15) is 5.56 Å². The summed E-state index contributed by atoms with van der Waals surface area (Å²) in [5.74, 6) is -0.492. The van der Waals surface area contributed by atoms with Crippen LogP contribution in [0.4, 0.5) is 5.69 Å². The molecule has 19 heavy (non-hydrogen) atoms. The molecule has 0 aromatic heterocycles. The van der Waals surface area contributed by atoms with Crippen LogP contribution in [0, 0.1) is 10.1 Å². The van der Waals surface area contributed by atoms with E-state index in [1.54, 1.807) is 6.92 Å². The Hall–Kier alpha value is -1.66. The number of aliphatic hydroxyl groups is 1. The van der Waals surface area contributed by atoms with E-state index in [2.05, 4.69) is 0 Å². The number of carbonyl (C=O) groups is 1. The molecule has 0 aliphatic heterocycles. The van der Waals surface area contributed by atoms with Gasteiger partial charge in [-0.25, -0.2) is 0 Å². The van der Waals surface area contributed by atoms with Gasteiger partial charge in [-0.05, 0) is 19.4 Å². The summed E-state index contributed by atoms with van der Waals surface area (Å²) in [5.41, 5.74) is -0.408. The number of nitro benzene ring substituents is 1. The molecular formula is C12H15ClN2O4. The molecule has 1 amide bonds. The fourth-order valence-electron chi connectivity index (χ4n) is 1.70. The van der Waals surface area contributed by atoms with Crippen molar-refractivity contribution >= 4 is 23.2 Å². The van der Waals surface area contributed by atoms with Gasteiger partial charge >= 0.3 is 0 Å². The lowest BCUT2D eigenvalue weighted by Crippen LogP contribution is -2.32. The van der Waals surface area contributed by atoms with Crippen molar-refractivity contribution in [1.29, 1.82) is 0 Å². The number of amides is 1. The van der Waals surface area contributed by atoms with E-state index in [-0.39, 0.29) is 22.9 Å². The Morgan fingerprint density at radius 3 is 2.74 bits per heavy atom. The van der Waals surface area contributed by atoms with Crippen molar-refractivity contribution in [2.75, 3.05) is 19.7 Å². The average Bonchev–Trinajstić information content (AvgIpc) is 2.38. The minimum absolute atomic E-state index is 0.0472. The van der Waals surface area contributed by atoms with Gasteiger partial charge in [-0.3, -0.25) is 14.9 Å². The Morgan fingerprint density at radius 2 is 2.21 bits per heavy atom. The monoisotopic (exact) mass is 286 g/mol. The highest BCUT2D eigenvalue weighted by atomic mass is 35.5. The molecule has 0 spiro atoms. The van der Waals surface area contributed by atoms with E-state index in [1.165, 1.54) is 23.1 Å². The summed E-state index contributed by atoms with van der Waals surface area (Å²) in [5, 5.41) is 19.8. The Bertz CT molecular complexity index is 479. The molecule has 0 saturated heterocycles. The third-order valence-electron chi connectivity index (χ3n) is 2.66.